The average molecular weight is 364 g/mol. The van der Waals surface area contributed by atoms with E-state index >= 15 is 0 Å². The van der Waals surface area contributed by atoms with Crippen molar-refractivity contribution in [2.24, 2.45) is 0 Å². The van der Waals surface area contributed by atoms with E-state index in [0.717, 1.165) is 18.4 Å². The molecule has 0 aliphatic heterocycles. The van der Waals surface area contributed by atoms with E-state index in [9.17, 15) is 8.78 Å². The summed E-state index contributed by atoms with van der Waals surface area (Å²) in [6.07, 6.45) is 6.95. The molecule has 0 aromatic heterocycles. The van der Waals surface area contributed by atoms with Crippen molar-refractivity contribution in [3.05, 3.63) is 95.1 Å². The van der Waals surface area contributed by atoms with Gasteiger partial charge in [-0.2, -0.15) is 0 Å². The Balaban J connectivity index is 1.56. The van der Waals surface area contributed by atoms with Crippen LogP contribution in [0.5, 0.6) is 0 Å². The van der Waals surface area contributed by atoms with E-state index in [1.54, 1.807) is 6.07 Å². The van der Waals surface area contributed by atoms with Gasteiger partial charge in [-0.3, -0.25) is 0 Å². The fraction of sp³-hybridized carbons (Fsp3) is 0.280. The first-order valence-electron chi connectivity index (χ1n) is 9.78. The van der Waals surface area contributed by atoms with E-state index in [1.165, 1.54) is 54.5 Å². The molecule has 0 saturated heterocycles. The average Bonchev–Trinajstić information content (AvgIpc) is 2.70. The molecule has 0 amide bonds. The smallest absolute Gasteiger partial charge is 0.159 e. The highest BCUT2D eigenvalue weighted by Crippen LogP contribution is 2.22. The van der Waals surface area contributed by atoms with Crippen LogP contribution in [0.25, 0.3) is 11.1 Å². The lowest BCUT2D eigenvalue weighted by Gasteiger charge is -2.07. The SMILES string of the molecule is CCCCCc1ccc(CCc2ccc(-c3ccc(F)c(F)c3)cc2)cc1. The van der Waals surface area contributed by atoms with Crippen LogP contribution >= 0.6 is 0 Å². The summed E-state index contributed by atoms with van der Waals surface area (Å²) in [7, 11) is 0. The Labute approximate surface area is 160 Å². The highest BCUT2D eigenvalue weighted by Gasteiger charge is 2.05. The summed E-state index contributed by atoms with van der Waals surface area (Å²) in [5, 5.41) is 0. The van der Waals surface area contributed by atoms with Crippen LogP contribution in [-0.4, -0.2) is 0 Å². The van der Waals surface area contributed by atoms with Crippen LogP contribution in [0, 0.1) is 11.6 Å². The molecule has 0 saturated carbocycles. The van der Waals surface area contributed by atoms with Crippen LogP contribution in [0.3, 0.4) is 0 Å². The molecule has 3 aromatic carbocycles. The first-order chi connectivity index (χ1) is 13.2. The summed E-state index contributed by atoms with van der Waals surface area (Å²) in [5.41, 5.74) is 5.60. The molecule has 0 unspecified atom stereocenters. The number of unbranched alkanes of at least 4 members (excludes halogenated alkanes) is 2. The van der Waals surface area contributed by atoms with Gasteiger partial charge in [0.1, 0.15) is 0 Å². The molecule has 0 fully saturated rings. The van der Waals surface area contributed by atoms with Crippen molar-refractivity contribution in [3.8, 4) is 11.1 Å². The van der Waals surface area contributed by atoms with Crippen molar-refractivity contribution in [1.29, 1.82) is 0 Å². The largest absolute Gasteiger partial charge is 0.204 e. The molecule has 0 radical (unpaired) electrons. The zero-order valence-electron chi connectivity index (χ0n) is 15.8. The summed E-state index contributed by atoms with van der Waals surface area (Å²) in [6.45, 7) is 2.23. The maximum absolute atomic E-state index is 13.4. The molecule has 3 aromatic rings. The summed E-state index contributed by atoms with van der Waals surface area (Å²) in [4.78, 5) is 0. The lowest BCUT2D eigenvalue weighted by Crippen LogP contribution is -1.93. The number of hydrogen-bond donors (Lipinski definition) is 0. The summed E-state index contributed by atoms with van der Waals surface area (Å²) in [6, 6.07) is 21.1. The molecule has 0 spiro atoms. The van der Waals surface area contributed by atoms with Crippen molar-refractivity contribution in [3.63, 3.8) is 0 Å². The van der Waals surface area contributed by atoms with Crippen LogP contribution < -0.4 is 0 Å². The van der Waals surface area contributed by atoms with E-state index in [1.807, 2.05) is 12.1 Å². The molecule has 0 heterocycles. The van der Waals surface area contributed by atoms with E-state index in [-0.39, 0.29) is 0 Å². The highest BCUT2D eigenvalue weighted by molar-refractivity contribution is 5.63. The zero-order valence-corrected chi connectivity index (χ0v) is 15.8. The second-order valence-corrected chi connectivity index (χ2v) is 7.10. The maximum Gasteiger partial charge on any atom is 0.159 e. The molecule has 0 nitrogen and oxygen atoms in total. The van der Waals surface area contributed by atoms with Crippen LogP contribution in [0.4, 0.5) is 8.78 Å². The Bertz CT molecular complexity index is 848. The van der Waals surface area contributed by atoms with Crippen molar-refractivity contribution in [1.82, 2.24) is 0 Å². The van der Waals surface area contributed by atoms with Gasteiger partial charge in [0.15, 0.2) is 11.6 Å². The van der Waals surface area contributed by atoms with Gasteiger partial charge in [0.05, 0.1) is 0 Å². The first kappa shape index (κ1) is 19.3. The topological polar surface area (TPSA) is 0 Å². The predicted octanol–water partition coefficient (Wildman–Crippen LogP) is 7.15. The minimum atomic E-state index is -0.813. The second-order valence-electron chi connectivity index (χ2n) is 7.10. The summed E-state index contributed by atoms with van der Waals surface area (Å²) >= 11 is 0. The second kappa shape index (κ2) is 9.45. The maximum atomic E-state index is 13.4. The Morgan fingerprint density at radius 3 is 1.63 bits per heavy atom. The van der Waals surface area contributed by atoms with Gasteiger partial charge >= 0.3 is 0 Å². The Kier molecular flexibility index (Phi) is 6.75. The minimum absolute atomic E-state index is 0.694. The third-order valence-electron chi connectivity index (χ3n) is 5.00. The summed E-state index contributed by atoms with van der Waals surface area (Å²) in [5.74, 6) is -1.62. The fourth-order valence-corrected chi connectivity index (χ4v) is 3.28. The Hall–Kier alpha value is -2.48. The van der Waals surface area contributed by atoms with Crippen LogP contribution in [0.15, 0.2) is 66.7 Å². The van der Waals surface area contributed by atoms with Gasteiger partial charge in [-0.25, -0.2) is 8.78 Å². The number of hydrogen-bond acceptors (Lipinski definition) is 0. The molecular formula is C25H26F2. The normalized spacial score (nSPS) is 10.9. The van der Waals surface area contributed by atoms with Gasteiger partial charge < -0.3 is 0 Å². The van der Waals surface area contributed by atoms with E-state index in [4.69, 9.17) is 0 Å². The van der Waals surface area contributed by atoms with Gasteiger partial charge in [0.25, 0.3) is 0 Å². The van der Waals surface area contributed by atoms with E-state index in [2.05, 4.69) is 43.3 Å². The molecular weight excluding hydrogens is 338 g/mol. The molecule has 0 bridgehead atoms. The standard InChI is InChI=1S/C25H26F2/c1-2-3-4-5-19-6-8-20(9-7-19)10-11-21-12-14-22(15-13-21)23-16-17-24(26)25(27)18-23/h6-9,12-18H,2-5,10-11H2,1H3. The molecule has 140 valence electrons. The number of halogens is 2. The molecule has 27 heavy (non-hydrogen) atoms. The van der Waals surface area contributed by atoms with E-state index < -0.39 is 11.6 Å². The highest BCUT2D eigenvalue weighted by atomic mass is 19.2. The third-order valence-corrected chi connectivity index (χ3v) is 5.00. The molecule has 3 rings (SSSR count). The molecule has 0 atom stereocenters. The lowest BCUT2D eigenvalue weighted by molar-refractivity contribution is 0.509. The van der Waals surface area contributed by atoms with E-state index in [0.29, 0.717) is 5.56 Å². The Morgan fingerprint density at radius 2 is 1.07 bits per heavy atom. The number of rotatable bonds is 8. The fourth-order valence-electron chi connectivity index (χ4n) is 3.28. The van der Waals surface area contributed by atoms with Crippen LogP contribution in [0.2, 0.25) is 0 Å². The van der Waals surface area contributed by atoms with Gasteiger partial charge in [0.2, 0.25) is 0 Å². The monoisotopic (exact) mass is 364 g/mol. The predicted molar refractivity (Wildman–Crippen MR) is 109 cm³/mol. The summed E-state index contributed by atoms with van der Waals surface area (Å²) < 4.78 is 26.5. The van der Waals surface area contributed by atoms with Crippen molar-refractivity contribution in [2.45, 2.75) is 45.4 Å². The molecule has 0 aliphatic rings. The molecule has 0 aliphatic carbocycles. The van der Waals surface area contributed by atoms with Crippen molar-refractivity contribution in [2.75, 3.05) is 0 Å². The van der Waals surface area contributed by atoms with Crippen molar-refractivity contribution < 1.29 is 8.78 Å². The Morgan fingerprint density at radius 1 is 0.556 bits per heavy atom. The number of aryl methyl sites for hydroxylation is 3. The molecule has 2 heteroatoms. The zero-order chi connectivity index (χ0) is 19.1. The van der Waals surface area contributed by atoms with Crippen molar-refractivity contribution >= 4 is 0 Å². The van der Waals surface area contributed by atoms with Crippen LogP contribution in [-0.2, 0) is 19.3 Å². The van der Waals surface area contributed by atoms with Gasteiger partial charge in [0, 0.05) is 0 Å². The minimum Gasteiger partial charge on any atom is -0.204 e. The van der Waals surface area contributed by atoms with Crippen LogP contribution in [0.1, 0.15) is 42.9 Å². The third kappa shape index (κ3) is 5.50. The first-order valence-corrected chi connectivity index (χ1v) is 9.78. The van der Waals surface area contributed by atoms with Gasteiger partial charge in [-0.15, -0.1) is 0 Å². The molecule has 0 N–H and O–H groups in total. The lowest BCUT2D eigenvalue weighted by atomic mass is 9.99. The van der Waals surface area contributed by atoms with Gasteiger partial charge in [-0.1, -0.05) is 74.4 Å². The number of benzene rings is 3. The quantitative estimate of drug-likeness (QED) is 0.372. The van der Waals surface area contributed by atoms with Gasteiger partial charge in [-0.05, 0) is 65.6 Å².